The van der Waals surface area contributed by atoms with E-state index in [0.29, 0.717) is 0 Å². The predicted molar refractivity (Wildman–Crippen MR) is 126 cm³/mol. The van der Waals surface area contributed by atoms with E-state index in [4.69, 9.17) is 4.42 Å². The molecule has 0 amide bonds. The average molecular weight is 385 g/mol. The van der Waals surface area contributed by atoms with E-state index in [0.717, 1.165) is 27.9 Å². The van der Waals surface area contributed by atoms with E-state index in [9.17, 15) is 0 Å². The molecule has 6 aromatic rings. The lowest BCUT2D eigenvalue weighted by Crippen LogP contribution is -1.91. The van der Waals surface area contributed by atoms with Gasteiger partial charge in [-0.25, -0.2) is 0 Å². The first kappa shape index (κ1) is 16.9. The Balaban J connectivity index is 1.40. The fraction of sp³-hybridized carbons (Fsp3) is 0. The van der Waals surface area contributed by atoms with Crippen LogP contribution >= 0.6 is 0 Å². The lowest BCUT2D eigenvalue weighted by molar-refractivity contribution is 0.669. The molecule has 1 N–H and O–H groups in total. The highest BCUT2D eigenvalue weighted by Gasteiger charge is 2.12. The van der Waals surface area contributed by atoms with Gasteiger partial charge in [0.15, 0.2) is 0 Å². The van der Waals surface area contributed by atoms with Crippen LogP contribution in [0.1, 0.15) is 0 Å². The molecular weight excluding hydrogens is 366 g/mol. The maximum atomic E-state index is 6.05. The molecule has 0 aliphatic carbocycles. The summed E-state index contributed by atoms with van der Waals surface area (Å²) in [5.41, 5.74) is 6.40. The van der Waals surface area contributed by atoms with Crippen molar-refractivity contribution in [3.05, 3.63) is 109 Å². The Hall–Kier alpha value is -4.04. The van der Waals surface area contributed by atoms with Crippen LogP contribution in [0.3, 0.4) is 0 Å². The molecule has 1 heterocycles. The van der Waals surface area contributed by atoms with Crippen LogP contribution in [0.5, 0.6) is 0 Å². The van der Waals surface area contributed by atoms with Gasteiger partial charge in [-0.15, -0.1) is 0 Å². The fourth-order valence-corrected chi connectivity index (χ4v) is 4.24. The minimum absolute atomic E-state index is 0.923. The lowest BCUT2D eigenvalue weighted by atomic mass is 9.99. The smallest absolute Gasteiger partial charge is 0.136 e. The summed E-state index contributed by atoms with van der Waals surface area (Å²) in [7, 11) is 0. The lowest BCUT2D eigenvalue weighted by Gasteiger charge is -2.11. The van der Waals surface area contributed by atoms with Crippen LogP contribution in [0.2, 0.25) is 0 Å². The molecule has 2 nitrogen and oxygen atoms in total. The molecule has 0 saturated heterocycles. The van der Waals surface area contributed by atoms with E-state index in [1.807, 2.05) is 18.2 Å². The zero-order chi connectivity index (χ0) is 19.9. The molecule has 1 aromatic heterocycles. The van der Waals surface area contributed by atoms with Crippen molar-refractivity contribution < 1.29 is 4.42 Å². The number of benzene rings is 5. The monoisotopic (exact) mass is 385 g/mol. The van der Waals surface area contributed by atoms with Gasteiger partial charge in [0.2, 0.25) is 0 Å². The third-order valence-electron chi connectivity index (χ3n) is 5.67. The zero-order valence-corrected chi connectivity index (χ0v) is 16.3. The maximum Gasteiger partial charge on any atom is 0.136 e. The van der Waals surface area contributed by atoms with Crippen molar-refractivity contribution in [1.82, 2.24) is 0 Å². The van der Waals surface area contributed by atoms with Gasteiger partial charge in [0.05, 0.1) is 0 Å². The minimum Gasteiger partial charge on any atom is -0.456 e. The highest BCUT2D eigenvalue weighted by molar-refractivity contribution is 6.12. The van der Waals surface area contributed by atoms with Crippen LogP contribution < -0.4 is 5.32 Å². The van der Waals surface area contributed by atoms with Crippen molar-refractivity contribution in [2.45, 2.75) is 0 Å². The molecule has 0 fully saturated rings. The quantitative estimate of drug-likeness (QED) is 0.332. The van der Waals surface area contributed by atoms with Gasteiger partial charge in [0, 0.05) is 27.5 Å². The molecule has 0 unspecified atom stereocenters. The van der Waals surface area contributed by atoms with Crippen LogP contribution in [0, 0.1) is 0 Å². The molecule has 142 valence electrons. The van der Waals surface area contributed by atoms with Crippen molar-refractivity contribution in [2.75, 3.05) is 5.32 Å². The number of fused-ring (bicyclic) bond motifs is 4. The summed E-state index contributed by atoms with van der Waals surface area (Å²) >= 11 is 0. The van der Waals surface area contributed by atoms with Crippen molar-refractivity contribution in [3.63, 3.8) is 0 Å². The van der Waals surface area contributed by atoms with Crippen molar-refractivity contribution in [2.24, 2.45) is 0 Å². The first-order valence-electron chi connectivity index (χ1n) is 10.1. The molecule has 0 radical (unpaired) electrons. The standard InChI is InChI=1S/C28H19NO/c1-2-9-22-19(7-1)8-5-12-25(22)29-21-17-15-20(16-18-21)23-11-6-14-27-28(23)24-10-3-4-13-26(24)30-27/h1-18,29H. The Morgan fingerprint density at radius 1 is 0.533 bits per heavy atom. The molecular formula is C28H19NO. The summed E-state index contributed by atoms with van der Waals surface area (Å²) in [5.74, 6) is 0. The SMILES string of the molecule is c1ccc2c(Nc3ccc(-c4cccc5oc6ccccc6c45)cc3)cccc2c1. The Bertz CT molecular complexity index is 1500. The Kier molecular flexibility index (Phi) is 3.82. The van der Waals surface area contributed by atoms with Crippen LogP contribution in [0.15, 0.2) is 114 Å². The molecule has 30 heavy (non-hydrogen) atoms. The largest absolute Gasteiger partial charge is 0.456 e. The number of nitrogens with one attached hydrogen (secondary N) is 1. The van der Waals surface area contributed by atoms with Crippen LogP contribution in [-0.2, 0) is 0 Å². The Morgan fingerprint density at radius 2 is 1.23 bits per heavy atom. The van der Waals surface area contributed by atoms with Crippen molar-refractivity contribution in [3.8, 4) is 11.1 Å². The van der Waals surface area contributed by atoms with Gasteiger partial charge >= 0.3 is 0 Å². The van der Waals surface area contributed by atoms with Gasteiger partial charge < -0.3 is 9.73 Å². The van der Waals surface area contributed by atoms with Gasteiger partial charge in [-0.2, -0.15) is 0 Å². The summed E-state index contributed by atoms with van der Waals surface area (Å²) in [6, 6.07) is 37.9. The first-order valence-corrected chi connectivity index (χ1v) is 10.1. The zero-order valence-electron chi connectivity index (χ0n) is 16.3. The van der Waals surface area contributed by atoms with E-state index in [1.165, 1.54) is 27.3 Å². The van der Waals surface area contributed by atoms with Crippen molar-refractivity contribution in [1.29, 1.82) is 0 Å². The Labute approximate surface area is 174 Å². The van der Waals surface area contributed by atoms with Crippen LogP contribution in [-0.4, -0.2) is 0 Å². The Morgan fingerprint density at radius 3 is 2.13 bits per heavy atom. The van der Waals surface area contributed by atoms with Crippen molar-refractivity contribution >= 4 is 44.1 Å². The molecule has 0 atom stereocenters. The molecule has 0 spiro atoms. The second-order valence-electron chi connectivity index (χ2n) is 7.51. The molecule has 0 saturated carbocycles. The predicted octanol–water partition coefficient (Wildman–Crippen LogP) is 8.15. The summed E-state index contributed by atoms with van der Waals surface area (Å²) < 4.78 is 6.05. The van der Waals surface area contributed by atoms with Crippen LogP contribution in [0.25, 0.3) is 43.8 Å². The van der Waals surface area contributed by atoms with E-state index in [2.05, 4.69) is 96.3 Å². The number of rotatable bonds is 3. The fourth-order valence-electron chi connectivity index (χ4n) is 4.24. The average Bonchev–Trinajstić information content (AvgIpc) is 3.19. The van der Waals surface area contributed by atoms with Gasteiger partial charge in [0.1, 0.15) is 11.2 Å². The van der Waals surface area contributed by atoms with Crippen LogP contribution in [0.4, 0.5) is 11.4 Å². The molecule has 0 aliphatic heterocycles. The molecule has 2 heteroatoms. The van der Waals surface area contributed by atoms with E-state index >= 15 is 0 Å². The molecule has 0 aliphatic rings. The molecule has 0 bridgehead atoms. The minimum atomic E-state index is 0.923. The topological polar surface area (TPSA) is 25.2 Å². The summed E-state index contributed by atoms with van der Waals surface area (Å²) in [6.07, 6.45) is 0. The van der Waals surface area contributed by atoms with Gasteiger partial charge in [-0.3, -0.25) is 0 Å². The summed E-state index contributed by atoms with van der Waals surface area (Å²) in [4.78, 5) is 0. The first-order chi connectivity index (χ1) is 14.9. The highest BCUT2D eigenvalue weighted by atomic mass is 16.3. The van der Waals surface area contributed by atoms with E-state index in [1.54, 1.807) is 0 Å². The number of para-hydroxylation sites is 1. The van der Waals surface area contributed by atoms with Gasteiger partial charge in [-0.1, -0.05) is 78.9 Å². The van der Waals surface area contributed by atoms with E-state index in [-0.39, 0.29) is 0 Å². The molecule has 5 aromatic carbocycles. The van der Waals surface area contributed by atoms with E-state index < -0.39 is 0 Å². The van der Waals surface area contributed by atoms with Gasteiger partial charge in [0.25, 0.3) is 0 Å². The summed E-state index contributed by atoms with van der Waals surface area (Å²) in [6.45, 7) is 0. The number of hydrogen-bond donors (Lipinski definition) is 1. The highest BCUT2D eigenvalue weighted by Crippen LogP contribution is 2.37. The second kappa shape index (κ2) is 6.78. The normalized spacial score (nSPS) is 11.3. The third kappa shape index (κ3) is 2.73. The number of furan rings is 1. The second-order valence-corrected chi connectivity index (χ2v) is 7.51. The van der Waals surface area contributed by atoms with Gasteiger partial charge in [-0.05, 0) is 46.8 Å². The third-order valence-corrected chi connectivity index (χ3v) is 5.67. The summed E-state index contributed by atoms with van der Waals surface area (Å²) in [5, 5.41) is 8.35. The maximum absolute atomic E-state index is 6.05. The number of anilines is 2. The molecule has 6 rings (SSSR count). The number of hydrogen-bond acceptors (Lipinski definition) is 2.